The highest BCUT2D eigenvalue weighted by Gasteiger charge is 2.67. The number of piperidine rings is 1. The first-order valence-corrected chi connectivity index (χ1v) is 16.2. The first-order chi connectivity index (χ1) is 20.8. The zero-order valence-electron chi connectivity index (χ0n) is 25.5. The van der Waals surface area contributed by atoms with Crippen LogP contribution in [0.25, 0.3) is 0 Å². The van der Waals surface area contributed by atoms with E-state index in [1.54, 1.807) is 0 Å². The van der Waals surface area contributed by atoms with E-state index in [2.05, 4.69) is 35.1 Å². The predicted octanol–water partition coefficient (Wildman–Crippen LogP) is 6.93. The standard InChI is InChI=1S/C34H38Cl3N3O4/c1-21(2)40(19-23-10-6-5-7-11-23)30(41)29-22(3)25-17-33(44-31(42)43-20-34(35,36)37)28-16-24-12-8-9-13-26(24)32(33,14-15-39(28)4)18-27(25)38-29/h5-13,21,28,38H,14-20H2,1-4H3/t28-,32+,33+/m0/s1. The molecule has 3 aromatic rings. The molecule has 1 N–H and O–H groups in total. The third-order valence-electron chi connectivity index (χ3n) is 10.0. The van der Waals surface area contributed by atoms with Crippen LogP contribution in [0.2, 0.25) is 0 Å². The third-order valence-corrected chi connectivity index (χ3v) is 10.3. The van der Waals surface area contributed by atoms with Crippen LogP contribution in [0.1, 0.15) is 64.3 Å². The van der Waals surface area contributed by atoms with Crippen molar-refractivity contribution in [2.75, 3.05) is 20.2 Å². The van der Waals surface area contributed by atoms with E-state index in [-0.39, 0.29) is 18.0 Å². The van der Waals surface area contributed by atoms with E-state index < -0.39 is 27.6 Å². The lowest BCUT2D eigenvalue weighted by Gasteiger charge is -2.63. The third kappa shape index (κ3) is 5.30. The van der Waals surface area contributed by atoms with Gasteiger partial charge in [-0.25, -0.2) is 4.79 Å². The highest BCUT2D eigenvalue weighted by atomic mass is 35.6. The maximum Gasteiger partial charge on any atom is 0.509 e. The van der Waals surface area contributed by atoms with Crippen molar-refractivity contribution < 1.29 is 19.1 Å². The minimum absolute atomic E-state index is 0.00860. The smallest absolute Gasteiger partial charge is 0.430 e. The fraction of sp³-hybridized carbons (Fsp3) is 0.471. The molecule has 2 heterocycles. The van der Waals surface area contributed by atoms with Crippen LogP contribution >= 0.6 is 34.8 Å². The van der Waals surface area contributed by atoms with Gasteiger partial charge in [-0.2, -0.15) is 0 Å². The molecule has 7 nitrogen and oxygen atoms in total. The maximum atomic E-state index is 14.2. The molecule has 0 saturated carbocycles. The number of benzene rings is 2. The lowest BCUT2D eigenvalue weighted by atomic mass is 9.49. The molecule has 10 heteroatoms. The van der Waals surface area contributed by atoms with Crippen LogP contribution < -0.4 is 0 Å². The molecule has 3 atom stereocenters. The Morgan fingerprint density at radius 3 is 2.50 bits per heavy atom. The summed E-state index contributed by atoms with van der Waals surface area (Å²) in [4.78, 5) is 35.4. The quantitative estimate of drug-likeness (QED) is 0.230. The molecule has 0 radical (unpaired) electrons. The Kier molecular flexibility index (Phi) is 8.23. The topological polar surface area (TPSA) is 74.9 Å². The van der Waals surface area contributed by atoms with Crippen LogP contribution in [-0.4, -0.2) is 68.5 Å². The van der Waals surface area contributed by atoms with Gasteiger partial charge in [0, 0.05) is 36.5 Å². The molecule has 1 saturated heterocycles. The van der Waals surface area contributed by atoms with Crippen molar-refractivity contribution in [2.24, 2.45) is 0 Å². The molecule has 234 valence electrons. The fourth-order valence-electron chi connectivity index (χ4n) is 7.89. The molecular formula is C34H38Cl3N3O4. The number of carbonyl (C=O) groups is 2. The Balaban J connectivity index is 1.44. The number of aromatic nitrogens is 1. The number of ether oxygens (including phenoxy) is 2. The molecule has 0 unspecified atom stereocenters. The molecular weight excluding hydrogens is 621 g/mol. The van der Waals surface area contributed by atoms with E-state index in [1.165, 1.54) is 11.1 Å². The monoisotopic (exact) mass is 657 g/mol. The number of fused-ring (bicyclic) bond motifs is 2. The Hall–Kier alpha value is -2.71. The average Bonchev–Trinajstić information content (AvgIpc) is 3.29. The summed E-state index contributed by atoms with van der Waals surface area (Å²) in [5, 5.41) is 0. The minimum Gasteiger partial charge on any atom is -0.430 e. The zero-order chi connectivity index (χ0) is 31.4. The van der Waals surface area contributed by atoms with Gasteiger partial charge in [-0.1, -0.05) is 89.4 Å². The van der Waals surface area contributed by atoms with E-state index >= 15 is 0 Å². The van der Waals surface area contributed by atoms with Gasteiger partial charge in [-0.15, -0.1) is 0 Å². The van der Waals surface area contributed by atoms with Crippen LogP contribution in [0.15, 0.2) is 54.6 Å². The number of halogens is 3. The number of amides is 1. The molecule has 2 bridgehead atoms. The van der Waals surface area contributed by atoms with Crippen LogP contribution in [0.4, 0.5) is 4.79 Å². The number of carbonyl (C=O) groups excluding carboxylic acids is 2. The summed E-state index contributed by atoms with van der Waals surface area (Å²) in [5.74, 6) is -0.0474. The summed E-state index contributed by atoms with van der Waals surface area (Å²) in [6.45, 7) is 6.99. The molecule has 2 aliphatic carbocycles. The molecule has 1 aliphatic heterocycles. The Labute approximate surface area is 273 Å². The number of H-pyrrole nitrogens is 1. The number of alkyl halides is 3. The second kappa shape index (κ2) is 11.6. The van der Waals surface area contributed by atoms with Crippen molar-refractivity contribution in [3.8, 4) is 0 Å². The number of nitrogens with one attached hydrogen (secondary N) is 1. The van der Waals surface area contributed by atoms with Gasteiger partial charge in [0.25, 0.3) is 5.91 Å². The Bertz CT molecular complexity index is 1570. The van der Waals surface area contributed by atoms with Crippen LogP contribution in [-0.2, 0) is 40.7 Å². The van der Waals surface area contributed by atoms with Crippen molar-refractivity contribution in [3.63, 3.8) is 0 Å². The Morgan fingerprint density at radius 1 is 1.09 bits per heavy atom. The number of rotatable bonds is 6. The van der Waals surface area contributed by atoms with Crippen LogP contribution in [0, 0.1) is 6.92 Å². The second-order valence-electron chi connectivity index (χ2n) is 12.8. The molecule has 1 fully saturated rings. The number of likely N-dealkylation sites (tertiary alicyclic amines) is 1. The summed E-state index contributed by atoms with van der Waals surface area (Å²) < 4.78 is 10.1. The lowest BCUT2D eigenvalue weighted by Crippen LogP contribution is -2.75. The molecule has 0 spiro atoms. The lowest BCUT2D eigenvalue weighted by molar-refractivity contribution is -0.161. The first-order valence-electron chi connectivity index (χ1n) is 15.1. The Morgan fingerprint density at radius 2 is 1.80 bits per heavy atom. The number of hydrogen-bond acceptors (Lipinski definition) is 5. The van der Waals surface area contributed by atoms with Gasteiger partial charge in [0.15, 0.2) is 0 Å². The van der Waals surface area contributed by atoms with Gasteiger partial charge in [0.1, 0.15) is 17.9 Å². The number of nitrogens with zero attached hydrogens (tertiary/aromatic N) is 2. The van der Waals surface area contributed by atoms with E-state index in [4.69, 9.17) is 44.3 Å². The van der Waals surface area contributed by atoms with E-state index in [0.717, 1.165) is 41.8 Å². The van der Waals surface area contributed by atoms with E-state index in [0.29, 0.717) is 25.1 Å². The van der Waals surface area contributed by atoms with Crippen molar-refractivity contribution >= 4 is 46.9 Å². The molecule has 2 aromatic carbocycles. The molecule has 6 rings (SSSR count). The second-order valence-corrected chi connectivity index (χ2v) is 15.3. The van der Waals surface area contributed by atoms with Crippen molar-refractivity contribution in [3.05, 3.63) is 93.8 Å². The average molecular weight is 659 g/mol. The summed E-state index contributed by atoms with van der Waals surface area (Å²) in [5.41, 5.74) is 5.50. The molecule has 44 heavy (non-hydrogen) atoms. The summed E-state index contributed by atoms with van der Waals surface area (Å²) in [6, 6.07) is 18.3. The van der Waals surface area contributed by atoms with Crippen LogP contribution in [0.3, 0.4) is 0 Å². The van der Waals surface area contributed by atoms with Crippen LogP contribution in [0.5, 0.6) is 0 Å². The van der Waals surface area contributed by atoms with E-state index in [9.17, 15) is 9.59 Å². The zero-order valence-corrected chi connectivity index (χ0v) is 27.7. The molecule has 1 aromatic heterocycles. The minimum atomic E-state index is -1.76. The number of aromatic amines is 1. The van der Waals surface area contributed by atoms with Crippen molar-refractivity contribution in [1.29, 1.82) is 0 Å². The predicted molar refractivity (Wildman–Crippen MR) is 173 cm³/mol. The molecule has 1 amide bonds. The van der Waals surface area contributed by atoms with Gasteiger partial charge in [-0.3, -0.25) is 9.69 Å². The molecule has 3 aliphatic rings. The summed E-state index contributed by atoms with van der Waals surface area (Å²) >= 11 is 17.7. The van der Waals surface area contributed by atoms with Gasteiger partial charge < -0.3 is 19.4 Å². The SMILES string of the molecule is Cc1c(C(=O)N(Cc2ccccc2)C(C)C)[nH]c2c1C[C@@]1(OC(=O)OCC(Cl)(Cl)Cl)[C@@H]3Cc4ccccc4[C@@]1(CCN3C)C2. The van der Waals surface area contributed by atoms with Gasteiger partial charge >= 0.3 is 6.16 Å². The van der Waals surface area contributed by atoms with Crippen molar-refractivity contribution in [2.45, 2.75) is 79.9 Å². The largest absolute Gasteiger partial charge is 0.509 e. The number of likely N-dealkylation sites (N-methyl/N-ethyl adjacent to an activating group) is 1. The number of hydrogen-bond donors (Lipinski definition) is 1. The first kappa shape index (κ1) is 31.3. The summed E-state index contributed by atoms with van der Waals surface area (Å²) in [7, 11) is 2.08. The van der Waals surface area contributed by atoms with Crippen molar-refractivity contribution in [1.82, 2.24) is 14.8 Å². The summed E-state index contributed by atoms with van der Waals surface area (Å²) in [6.07, 6.45) is 1.65. The maximum absolute atomic E-state index is 14.2. The van der Waals surface area contributed by atoms with Gasteiger partial charge in [0.05, 0.1) is 6.04 Å². The highest BCUT2D eigenvalue weighted by Crippen LogP contribution is 2.59. The normalized spacial score (nSPS) is 24.2. The van der Waals surface area contributed by atoms with E-state index in [1.807, 2.05) is 62.1 Å². The van der Waals surface area contributed by atoms with Gasteiger partial charge in [-0.05, 0) is 75.0 Å². The highest BCUT2D eigenvalue weighted by molar-refractivity contribution is 6.67. The van der Waals surface area contributed by atoms with Gasteiger partial charge in [0.2, 0.25) is 3.79 Å². The fourth-order valence-corrected chi connectivity index (χ4v) is 8.05.